The Morgan fingerprint density at radius 2 is 2.00 bits per heavy atom. The van der Waals surface area contributed by atoms with Gasteiger partial charge in [-0.3, -0.25) is 9.69 Å². The summed E-state index contributed by atoms with van der Waals surface area (Å²) >= 11 is 0. The number of carbonyl (C=O) groups excluding carboxylic acids is 1. The molecule has 11 heteroatoms. The molecule has 2 aromatic carbocycles. The highest BCUT2D eigenvalue weighted by molar-refractivity contribution is 5.97. The van der Waals surface area contributed by atoms with Crippen molar-refractivity contribution in [3.63, 3.8) is 0 Å². The van der Waals surface area contributed by atoms with Crippen LogP contribution in [0.2, 0.25) is 0 Å². The molecule has 2 fully saturated rings. The van der Waals surface area contributed by atoms with E-state index >= 15 is 0 Å². The molecule has 0 unspecified atom stereocenters. The van der Waals surface area contributed by atoms with Crippen LogP contribution in [-0.4, -0.2) is 75.8 Å². The highest BCUT2D eigenvalue weighted by Gasteiger charge is 2.25. The summed E-state index contributed by atoms with van der Waals surface area (Å²) in [6.45, 7) is 6.59. The quantitative estimate of drug-likeness (QED) is 0.337. The number of carbonyl (C=O) groups is 1. The van der Waals surface area contributed by atoms with Crippen LogP contribution in [0.3, 0.4) is 0 Å². The van der Waals surface area contributed by atoms with E-state index < -0.39 is 5.82 Å². The minimum atomic E-state index is -0.413. The molecule has 0 radical (unpaired) electrons. The van der Waals surface area contributed by atoms with Crippen LogP contribution in [0.15, 0.2) is 48.7 Å². The molecule has 2 aromatic heterocycles. The highest BCUT2D eigenvalue weighted by atomic mass is 19.1. The van der Waals surface area contributed by atoms with Crippen LogP contribution in [0.25, 0.3) is 16.8 Å². The molecule has 10 nitrogen and oxygen atoms in total. The average molecular weight is 532 g/mol. The number of halogens is 1. The second-order valence-electron chi connectivity index (χ2n) is 9.84. The van der Waals surface area contributed by atoms with E-state index in [0.717, 1.165) is 62.4 Å². The molecule has 0 bridgehead atoms. The van der Waals surface area contributed by atoms with Crippen molar-refractivity contribution in [2.24, 2.45) is 0 Å². The average Bonchev–Trinajstić information content (AvgIpc) is 3.64. The summed E-state index contributed by atoms with van der Waals surface area (Å²) in [6.07, 6.45) is 3.80. The molecule has 2 N–H and O–H groups in total. The summed E-state index contributed by atoms with van der Waals surface area (Å²) in [7, 11) is 0. The number of ether oxygens (including phenoxy) is 2. The molecule has 1 aliphatic carbocycles. The molecule has 1 saturated carbocycles. The minimum Gasteiger partial charge on any atom is -0.424 e. The van der Waals surface area contributed by atoms with Crippen molar-refractivity contribution in [1.82, 2.24) is 29.8 Å². The van der Waals surface area contributed by atoms with Crippen LogP contribution in [0.5, 0.6) is 11.8 Å². The molecule has 2 aliphatic rings. The van der Waals surface area contributed by atoms with Gasteiger partial charge in [-0.15, -0.1) is 0 Å². The Morgan fingerprint density at radius 3 is 2.77 bits per heavy atom. The Morgan fingerprint density at radius 1 is 1.15 bits per heavy atom. The Bertz CT molecular complexity index is 1500. The number of morpholine rings is 1. The van der Waals surface area contributed by atoms with Gasteiger partial charge in [0.2, 0.25) is 5.95 Å². The van der Waals surface area contributed by atoms with Gasteiger partial charge >= 0.3 is 6.01 Å². The van der Waals surface area contributed by atoms with E-state index in [4.69, 9.17) is 9.47 Å². The Hall–Kier alpha value is -4.09. The number of rotatable bonds is 9. The topological polar surface area (TPSA) is 106 Å². The molecule has 3 heterocycles. The Labute approximate surface area is 225 Å². The predicted molar refractivity (Wildman–Crippen MR) is 144 cm³/mol. The molecule has 6 rings (SSSR count). The van der Waals surface area contributed by atoms with Crippen molar-refractivity contribution in [2.75, 3.05) is 44.7 Å². The third kappa shape index (κ3) is 5.84. The molecule has 202 valence electrons. The maximum atomic E-state index is 13.8. The highest BCUT2D eigenvalue weighted by Crippen LogP contribution is 2.29. The number of hydrogen-bond acceptors (Lipinski definition) is 8. The van der Waals surface area contributed by atoms with Gasteiger partial charge in [0, 0.05) is 49.4 Å². The van der Waals surface area contributed by atoms with Crippen molar-refractivity contribution in [1.29, 1.82) is 0 Å². The van der Waals surface area contributed by atoms with E-state index in [9.17, 15) is 9.18 Å². The fourth-order valence-corrected chi connectivity index (χ4v) is 4.59. The lowest BCUT2D eigenvalue weighted by atomic mass is 10.0. The molecule has 1 aliphatic heterocycles. The monoisotopic (exact) mass is 531 g/mol. The molecule has 0 spiro atoms. The van der Waals surface area contributed by atoms with E-state index in [2.05, 4.69) is 30.6 Å². The summed E-state index contributed by atoms with van der Waals surface area (Å²) in [5.41, 5.74) is 3.66. The van der Waals surface area contributed by atoms with Crippen molar-refractivity contribution >= 4 is 17.5 Å². The van der Waals surface area contributed by atoms with Gasteiger partial charge < -0.3 is 20.1 Å². The van der Waals surface area contributed by atoms with Gasteiger partial charge in [0.05, 0.1) is 19.4 Å². The number of nitrogens with zero attached hydrogens (tertiary/aromatic N) is 5. The van der Waals surface area contributed by atoms with Crippen LogP contribution in [-0.2, 0) is 4.74 Å². The van der Waals surface area contributed by atoms with E-state index in [-0.39, 0.29) is 11.9 Å². The van der Waals surface area contributed by atoms with Crippen LogP contribution < -0.4 is 15.4 Å². The van der Waals surface area contributed by atoms with Gasteiger partial charge in [-0.25, -0.2) is 4.39 Å². The summed E-state index contributed by atoms with van der Waals surface area (Å²) in [6, 6.07) is 11.9. The molecular weight excluding hydrogens is 501 g/mol. The zero-order chi connectivity index (χ0) is 26.8. The number of aryl methyl sites for hydroxylation is 1. The van der Waals surface area contributed by atoms with Crippen molar-refractivity contribution in [3.8, 4) is 22.9 Å². The largest absolute Gasteiger partial charge is 0.424 e. The molecule has 39 heavy (non-hydrogen) atoms. The van der Waals surface area contributed by atoms with Gasteiger partial charge in [0.25, 0.3) is 5.91 Å². The normalized spacial score (nSPS) is 15.8. The number of hydrogen-bond donors (Lipinski definition) is 2. The number of anilines is 1. The second-order valence-corrected chi connectivity index (χ2v) is 9.84. The van der Waals surface area contributed by atoms with Crippen molar-refractivity contribution in [3.05, 3.63) is 65.6 Å². The summed E-state index contributed by atoms with van der Waals surface area (Å²) in [4.78, 5) is 24.1. The number of aromatic nitrogens is 4. The van der Waals surface area contributed by atoms with E-state index in [1.54, 1.807) is 22.8 Å². The van der Waals surface area contributed by atoms with Crippen LogP contribution in [0.1, 0.15) is 28.8 Å². The number of benzene rings is 2. The smallest absolute Gasteiger partial charge is 0.327 e. The third-order valence-corrected chi connectivity index (χ3v) is 6.86. The van der Waals surface area contributed by atoms with E-state index in [0.29, 0.717) is 35.5 Å². The fourth-order valence-electron chi connectivity index (χ4n) is 4.59. The maximum absolute atomic E-state index is 13.8. The first-order chi connectivity index (χ1) is 19.0. The zero-order valence-electron chi connectivity index (χ0n) is 21.7. The first-order valence-electron chi connectivity index (χ1n) is 13.2. The van der Waals surface area contributed by atoms with Gasteiger partial charge in [0.1, 0.15) is 11.6 Å². The van der Waals surface area contributed by atoms with Gasteiger partial charge in [-0.2, -0.15) is 19.6 Å². The van der Waals surface area contributed by atoms with Crippen molar-refractivity contribution < 1.29 is 18.7 Å². The number of fused-ring (bicyclic) bond motifs is 1. The number of amides is 1. The fraction of sp³-hybridized carbons (Fsp3) is 0.357. The molecule has 0 atom stereocenters. The lowest BCUT2D eigenvalue weighted by Crippen LogP contribution is -2.39. The molecule has 1 amide bonds. The predicted octanol–water partition coefficient (Wildman–Crippen LogP) is 3.67. The van der Waals surface area contributed by atoms with Crippen LogP contribution in [0.4, 0.5) is 10.3 Å². The third-order valence-electron chi connectivity index (χ3n) is 6.86. The Balaban J connectivity index is 1.31. The SMILES string of the molecule is Cc1cc(-c2cnn3c(NCCN4CCOCC4)nc(Oc4cccc(F)c4)nc23)ccc1C(=O)NC1CC1. The molecular formula is C28H30FN7O3. The summed E-state index contributed by atoms with van der Waals surface area (Å²) in [5.74, 6) is 0.287. The zero-order valence-corrected chi connectivity index (χ0v) is 21.7. The lowest BCUT2D eigenvalue weighted by Gasteiger charge is -2.26. The van der Waals surface area contributed by atoms with Gasteiger partial charge in [-0.1, -0.05) is 18.2 Å². The first kappa shape index (κ1) is 25.2. The molecule has 1 saturated heterocycles. The van der Waals surface area contributed by atoms with Gasteiger partial charge in [0.15, 0.2) is 5.65 Å². The van der Waals surface area contributed by atoms with Crippen molar-refractivity contribution in [2.45, 2.75) is 25.8 Å². The summed E-state index contributed by atoms with van der Waals surface area (Å²) in [5, 5.41) is 11.0. The summed E-state index contributed by atoms with van der Waals surface area (Å²) < 4.78 is 26.7. The molecule has 4 aromatic rings. The van der Waals surface area contributed by atoms with E-state index in [1.165, 1.54) is 12.1 Å². The maximum Gasteiger partial charge on any atom is 0.327 e. The van der Waals surface area contributed by atoms with Crippen LogP contribution >= 0.6 is 0 Å². The second kappa shape index (κ2) is 11.0. The van der Waals surface area contributed by atoms with E-state index in [1.807, 2.05) is 25.1 Å². The minimum absolute atomic E-state index is 0.0544. The Kier molecular flexibility index (Phi) is 7.08. The standard InChI is InChI=1S/C28H30FN7O3/c1-18-15-19(5-8-23(18)26(37)32-21-6-7-21)24-17-31-36-25(24)33-28(39-22-4-2-3-20(29)16-22)34-27(36)30-9-10-35-11-13-38-14-12-35/h2-5,8,15-17,21H,6-7,9-14H2,1H3,(H,32,37)(H,30,33,34). The first-order valence-corrected chi connectivity index (χ1v) is 13.2. The number of nitrogens with one attached hydrogen (secondary N) is 2. The lowest BCUT2D eigenvalue weighted by molar-refractivity contribution is 0.0398. The van der Waals surface area contributed by atoms with Crippen LogP contribution in [0, 0.1) is 12.7 Å². The van der Waals surface area contributed by atoms with Gasteiger partial charge in [-0.05, 0) is 49.1 Å².